The average molecular weight is 429 g/mol. The van der Waals surface area contributed by atoms with Crippen molar-refractivity contribution in [3.63, 3.8) is 0 Å². The summed E-state index contributed by atoms with van der Waals surface area (Å²) >= 11 is 0. The molecular weight excluding hydrogens is 400 g/mol. The van der Waals surface area contributed by atoms with Gasteiger partial charge in [-0.15, -0.1) is 0 Å². The molecule has 1 saturated heterocycles. The molecule has 0 aliphatic carbocycles. The van der Waals surface area contributed by atoms with Crippen molar-refractivity contribution in [2.45, 2.75) is 26.5 Å². The molecule has 3 aromatic rings. The van der Waals surface area contributed by atoms with Gasteiger partial charge < -0.3 is 9.94 Å². The minimum atomic E-state index is -0.693. The molecule has 0 bridgehead atoms. The molecule has 164 valence electrons. The molecule has 3 aromatic carbocycles. The Balaban J connectivity index is 1.28. The van der Waals surface area contributed by atoms with Crippen molar-refractivity contribution in [3.8, 4) is 11.1 Å². The zero-order valence-corrected chi connectivity index (χ0v) is 18.3. The summed E-state index contributed by atoms with van der Waals surface area (Å²) in [6, 6.07) is 26.8. The third kappa shape index (κ3) is 5.62. The molecule has 0 spiro atoms. The van der Waals surface area contributed by atoms with E-state index in [1.165, 1.54) is 16.7 Å². The average Bonchev–Trinajstić information content (AvgIpc) is 3.29. The minimum Gasteiger partial charge on any atom is -0.481 e. The lowest BCUT2D eigenvalue weighted by atomic mass is 10.0. The lowest BCUT2D eigenvalue weighted by Gasteiger charge is -2.15. The predicted octanol–water partition coefficient (Wildman–Crippen LogP) is 5.20. The molecular formula is C27H28N2O3. The van der Waals surface area contributed by atoms with Gasteiger partial charge in [0.1, 0.15) is 6.61 Å². The minimum absolute atomic E-state index is 0.240. The Hall–Kier alpha value is -3.44. The van der Waals surface area contributed by atoms with Crippen molar-refractivity contribution >= 4 is 11.7 Å². The maximum absolute atomic E-state index is 11.1. The first-order valence-electron chi connectivity index (χ1n) is 10.9. The van der Waals surface area contributed by atoms with Crippen LogP contribution in [0.25, 0.3) is 11.1 Å². The van der Waals surface area contributed by atoms with Crippen LogP contribution in [-0.2, 0) is 22.8 Å². The summed E-state index contributed by atoms with van der Waals surface area (Å²) in [6.07, 6.45) is 0.728. The highest BCUT2D eigenvalue weighted by Gasteiger charge is 2.27. The number of oxime groups is 1. The fourth-order valence-corrected chi connectivity index (χ4v) is 3.97. The first kappa shape index (κ1) is 21.8. The van der Waals surface area contributed by atoms with Crippen molar-refractivity contribution in [3.05, 3.63) is 95.6 Å². The van der Waals surface area contributed by atoms with Gasteiger partial charge in [0.15, 0.2) is 0 Å². The van der Waals surface area contributed by atoms with Crippen LogP contribution in [0.3, 0.4) is 0 Å². The summed E-state index contributed by atoms with van der Waals surface area (Å²) in [7, 11) is 0. The molecule has 1 N–H and O–H groups in total. The molecule has 0 amide bonds. The van der Waals surface area contributed by atoms with Crippen molar-refractivity contribution in [2.24, 2.45) is 11.1 Å². The maximum Gasteiger partial charge on any atom is 0.307 e. The highest BCUT2D eigenvalue weighted by Crippen LogP contribution is 2.20. The van der Waals surface area contributed by atoms with Gasteiger partial charge in [0.25, 0.3) is 0 Å². The molecule has 1 atom stereocenters. The van der Waals surface area contributed by atoms with Crippen molar-refractivity contribution < 1.29 is 14.7 Å². The van der Waals surface area contributed by atoms with Gasteiger partial charge in [-0.3, -0.25) is 9.69 Å². The van der Waals surface area contributed by atoms with E-state index in [-0.39, 0.29) is 5.92 Å². The zero-order chi connectivity index (χ0) is 22.3. The standard InChI is InChI=1S/C27H28N2O3/c1-20(23-11-7-21(8-12-23)17-29-16-15-26(18-29)27(30)31)28-32-19-22-9-13-25(14-10-22)24-5-3-2-4-6-24/h2-14,26H,15-19H2,1H3,(H,30,31)/b28-20+. The number of carboxylic acid groups (broad SMARTS) is 1. The normalized spacial score (nSPS) is 16.8. The van der Waals surface area contributed by atoms with Crippen LogP contribution < -0.4 is 0 Å². The Morgan fingerprint density at radius 3 is 2.28 bits per heavy atom. The monoisotopic (exact) mass is 428 g/mol. The Morgan fingerprint density at radius 2 is 1.62 bits per heavy atom. The molecule has 0 aromatic heterocycles. The number of hydrogen-bond acceptors (Lipinski definition) is 4. The van der Waals surface area contributed by atoms with Crippen LogP contribution in [-0.4, -0.2) is 34.8 Å². The molecule has 5 nitrogen and oxygen atoms in total. The Kier molecular flexibility index (Phi) is 6.97. The Morgan fingerprint density at radius 1 is 0.969 bits per heavy atom. The lowest BCUT2D eigenvalue weighted by molar-refractivity contribution is -0.141. The van der Waals surface area contributed by atoms with Crippen LogP contribution in [0, 0.1) is 5.92 Å². The first-order valence-corrected chi connectivity index (χ1v) is 10.9. The molecule has 0 saturated carbocycles. The topological polar surface area (TPSA) is 62.1 Å². The van der Waals surface area contributed by atoms with E-state index in [0.717, 1.165) is 36.3 Å². The fraction of sp³-hybridized carbons (Fsp3) is 0.259. The van der Waals surface area contributed by atoms with Crippen LogP contribution in [0.2, 0.25) is 0 Å². The number of nitrogens with zero attached hydrogens (tertiary/aromatic N) is 2. The molecule has 32 heavy (non-hydrogen) atoms. The maximum atomic E-state index is 11.1. The van der Waals surface area contributed by atoms with E-state index in [9.17, 15) is 4.79 Å². The molecule has 0 radical (unpaired) electrons. The van der Waals surface area contributed by atoms with E-state index in [0.29, 0.717) is 13.2 Å². The summed E-state index contributed by atoms with van der Waals surface area (Å²) in [5.41, 5.74) is 6.46. The van der Waals surface area contributed by atoms with E-state index >= 15 is 0 Å². The first-order chi connectivity index (χ1) is 15.6. The van der Waals surface area contributed by atoms with Crippen LogP contribution in [0.15, 0.2) is 84.0 Å². The van der Waals surface area contributed by atoms with Crippen LogP contribution in [0.5, 0.6) is 0 Å². The second kappa shape index (κ2) is 10.2. The SMILES string of the molecule is C/C(=N\OCc1ccc(-c2ccccc2)cc1)c1ccc(CN2CCC(C(=O)O)C2)cc1. The van der Waals surface area contributed by atoms with Gasteiger partial charge in [-0.05, 0) is 47.7 Å². The van der Waals surface area contributed by atoms with Gasteiger partial charge in [-0.2, -0.15) is 0 Å². The number of rotatable bonds is 8. The summed E-state index contributed by atoms with van der Waals surface area (Å²) in [5, 5.41) is 13.4. The quantitative estimate of drug-likeness (QED) is 0.396. The van der Waals surface area contributed by atoms with Crippen molar-refractivity contribution in [2.75, 3.05) is 13.1 Å². The van der Waals surface area contributed by atoms with Gasteiger partial charge in [0.05, 0.1) is 11.6 Å². The Labute approximate surface area is 189 Å². The summed E-state index contributed by atoms with van der Waals surface area (Å²) in [4.78, 5) is 18.9. The van der Waals surface area contributed by atoms with E-state index in [4.69, 9.17) is 9.94 Å². The Bertz CT molecular complexity index is 1060. The van der Waals surface area contributed by atoms with Gasteiger partial charge in [-0.1, -0.05) is 84.0 Å². The number of carbonyl (C=O) groups is 1. The van der Waals surface area contributed by atoms with E-state index < -0.39 is 5.97 Å². The summed E-state index contributed by atoms with van der Waals surface area (Å²) in [5.74, 6) is -0.933. The smallest absolute Gasteiger partial charge is 0.307 e. The number of benzene rings is 3. The third-order valence-electron chi connectivity index (χ3n) is 5.89. The highest BCUT2D eigenvalue weighted by atomic mass is 16.6. The molecule has 1 aliphatic heterocycles. The fourth-order valence-electron chi connectivity index (χ4n) is 3.97. The highest BCUT2D eigenvalue weighted by molar-refractivity contribution is 5.98. The van der Waals surface area contributed by atoms with Crippen LogP contribution in [0.1, 0.15) is 30.0 Å². The van der Waals surface area contributed by atoms with Crippen LogP contribution >= 0.6 is 0 Å². The van der Waals surface area contributed by atoms with Crippen LogP contribution in [0.4, 0.5) is 0 Å². The largest absolute Gasteiger partial charge is 0.481 e. The number of aliphatic carboxylic acids is 1. The van der Waals surface area contributed by atoms with Crippen molar-refractivity contribution in [1.29, 1.82) is 0 Å². The summed E-state index contributed by atoms with van der Waals surface area (Å²) < 4.78 is 0. The molecule has 1 aliphatic rings. The third-order valence-corrected chi connectivity index (χ3v) is 5.89. The molecule has 1 fully saturated rings. The molecule has 1 heterocycles. The molecule has 5 heteroatoms. The van der Waals surface area contributed by atoms with E-state index in [1.807, 2.05) is 37.3 Å². The summed E-state index contributed by atoms with van der Waals surface area (Å²) in [6.45, 7) is 4.59. The number of carboxylic acids is 1. The van der Waals surface area contributed by atoms with E-state index in [1.54, 1.807) is 0 Å². The van der Waals surface area contributed by atoms with Crippen molar-refractivity contribution in [1.82, 2.24) is 4.90 Å². The second-order valence-electron chi connectivity index (χ2n) is 8.27. The number of hydrogen-bond donors (Lipinski definition) is 1. The molecule has 1 unspecified atom stereocenters. The van der Waals surface area contributed by atoms with Gasteiger partial charge in [0, 0.05) is 13.1 Å². The lowest BCUT2D eigenvalue weighted by Crippen LogP contribution is -2.22. The molecule has 4 rings (SSSR count). The second-order valence-corrected chi connectivity index (χ2v) is 8.27. The van der Waals surface area contributed by atoms with Gasteiger partial charge in [-0.25, -0.2) is 0 Å². The van der Waals surface area contributed by atoms with Gasteiger partial charge >= 0.3 is 5.97 Å². The van der Waals surface area contributed by atoms with Gasteiger partial charge in [0.2, 0.25) is 0 Å². The predicted molar refractivity (Wildman–Crippen MR) is 126 cm³/mol. The van der Waals surface area contributed by atoms with E-state index in [2.05, 4.69) is 58.6 Å². The zero-order valence-electron chi connectivity index (χ0n) is 18.3. The number of likely N-dealkylation sites (tertiary alicyclic amines) is 1.